The van der Waals surface area contributed by atoms with Crippen LogP contribution in [0.25, 0.3) is 0 Å². The zero-order valence-electron chi connectivity index (χ0n) is 8.13. The van der Waals surface area contributed by atoms with Gasteiger partial charge in [0.15, 0.2) is 0 Å². The van der Waals surface area contributed by atoms with Gasteiger partial charge in [-0.15, -0.1) is 12.3 Å². The van der Waals surface area contributed by atoms with Crippen molar-refractivity contribution in [3.8, 4) is 12.3 Å². The van der Waals surface area contributed by atoms with Crippen LogP contribution < -0.4 is 5.32 Å². The summed E-state index contributed by atoms with van der Waals surface area (Å²) >= 11 is 0. The van der Waals surface area contributed by atoms with Crippen LogP contribution in [0, 0.1) is 19.3 Å². The summed E-state index contributed by atoms with van der Waals surface area (Å²) in [6.45, 7) is 4.94. The normalized spacial score (nSPS) is 12.4. The van der Waals surface area contributed by atoms with E-state index in [-0.39, 0.29) is 6.04 Å². The van der Waals surface area contributed by atoms with Gasteiger partial charge in [-0.1, -0.05) is 6.92 Å². The molecule has 0 aliphatic rings. The Morgan fingerprint density at radius 3 is 2.92 bits per heavy atom. The number of aryl methyl sites for hydroxylation is 1. The van der Waals surface area contributed by atoms with Gasteiger partial charge in [0, 0.05) is 18.0 Å². The van der Waals surface area contributed by atoms with Crippen molar-refractivity contribution in [2.75, 3.05) is 6.54 Å². The lowest BCUT2D eigenvalue weighted by atomic mass is 10.1. The fraction of sp³-hybridized carbons (Fsp3) is 0.455. The van der Waals surface area contributed by atoms with Crippen LogP contribution in [-0.2, 0) is 0 Å². The molecule has 0 bridgehead atoms. The van der Waals surface area contributed by atoms with Crippen molar-refractivity contribution in [1.29, 1.82) is 0 Å². The van der Waals surface area contributed by atoms with Crippen LogP contribution >= 0.6 is 0 Å². The van der Waals surface area contributed by atoms with Gasteiger partial charge in [-0.2, -0.15) is 0 Å². The molecule has 13 heavy (non-hydrogen) atoms. The summed E-state index contributed by atoms with van der Waals surface area (Å²) in [6, 6.07) is 2.20. The second-order valence-electron chi connectivity index (χ2n) is 2.95. The van der Waals surface area contributed by atoms with Crippen LogP contribution in [-0.4, -0.2) is 6.54 Å². The molecule has 2 nitrogen and oxygen atoms in total. The number of hydrogen-bond acceptors (Lipinski definition) is 2. The van der Waals surface area contributed by atoms with Crippen molar-refractivity contribution in [1.82, 2.24) is 5.32 Å². The van der Waals surface area contributed by atoms with E-state index < -0.39 is 0 Å². The van der Waals surface area contributed by atoms with Crippen molar-refractivity contribution >= 4 is 0 Å². The molecule has 1 aromatic rings. The van der Waals surface area contributed by atoms with E-state index in [9.17, 15) is 0 Å². The summed E-state index contributed by atoms with van der Waals surface area (Å²) in [5, 5.41) is 3.32. The van der Waals surface area contributed by atoms with E-state index in [1.807, 2.05) is 13.0 Å². The summed E-state index contributed by atoms with van der Waals surface area (Å²) in [5.41, 5.74) is 1.17. The fourth-order valence-corrected chi connectivity index (χ4v) is 1.41. The molecular formula is C11H15NO. The van der Waals surface area contributed by atoms with Gasteiger partial charge < -0.3 is 9.73 Å². The van der Waals surface area contributed by atoms with Crippen LogP contribution in [0.4, 0.5) is 0 Å². The maximum Gasteiger partial charge on any atom is 0.105 e. The third-order valence-corrected chi connectivity index (χ3v) is 2.05. The minimum atomic E-state index is 0.230. The zero-order chi connectivity index (χ0) is 9.68. The predicted molar refractivity (Wildman–Crippen MR) is 53.3 cm³/mol. The number of nitrogens with one attached hydrogen (secondary N) is 1. The minimum absolute atomic E-state index is 0.230. The molecule has 0 aromatic carbocycles. The first kappa shape index (κ1) is 9.88. The van der Waals surface area contributed by atoms with Crippen LogP contribution in [0.2, 0.25) is 0 Å². The quantitative estimate of drug-likeness (QED) is 0.714. The first-order valence-electron chi connectivity index (χ1n) is 4.50. The van der Waals surface area contributed by atoms with Gasteiger partial charge >= 0.3 is 0 Å². The maximum absolute atomic E-state index is 5.30. The number of furan rings is 1. The Morgan fingerprint density at radius 2 is 2.46 bits per heavy atom. The Morgan fingerprint density at radius 1 is 1.69 bits per heavy atom. The highest BCUT2D eigenvalue weighted by atomic mass is 16.3. The van der Waals surface area contributed by atoms with E-state index in [0.717, 1.165) is 12.3 Å². The molecule has 1 aromatic heterocycles. The van der Waals surface area contributed by atoms with Gasteiger partial charge in [0.25, 0.3) is 0 Å². The Kier molecular flexibility index (Phi) is 3.60. The molecule has 1 heterocycles. The van der Waals surface area contributed by atoms with Gasteiger partial charge in [0.2, 0.25) is 0 Å². The fourth-order valence-electron chi connectivity index (χ4n) is 1.41. The van der Waals surface area contributed by atoms with Gasteiger partial charge in [0.05, 0.1) is 6.26 Å². The number of hydrogen-bond donors (Lipinski definition) is 1. The largest absolute Gasteiger partial charge is 0.469 e. The predicted octanol–water partition coefficient (Wildman–Crippen LogP) is 2.26. The van der Waals surface area contributed by atoms with Gasteiger partial charge in [-0.3, -0.25) is 0 Å². The van der Waals surface area contributed by atoms with E-state index >= 15 is 0 Å². The minimum Gasteiger partial charge on any atom is -0.469 e. The highest BCUT2D eigenvalue weighted by Gasteiger charge is 2.12. The van der Waals surface area contributed by atoms with Crippen LogP contribution in [0.3, 0.4) is 0 Å². The number of terminal acetylenes is 1. The first-order valence-corrected chi connectivity index (χ1v) is 4.50. The molecule has 2 heteroatoms. The average Bonchev–Trinajstić information content (AvgIpc) is 2.51. The molecule has 0 radical (unpaired) electrons. The van der Waals surface area contributed by atoms with Gasteiger partial charge in [-0.05, 0) is 19.5 Å². The summed E-state index contributed by atoms with van der Waals surface area (Å²) < 4.78 is 5.23. The Labute approximate surface area is 79.3 Å². The molecule has 1 atom stereocenters. The first-order chi connectivity index (χ1) is 6.29. The van der Waals surface area contributed by atoms with E-state index in [1.165, 1.54) is 5.56 Å². The van der Waals surface area contributed by atoms with E-state index in [1.54, 1.807) is 6.26 Å². The van der Waals surface area contributed by atoms with E-state index in [4.69, 9.17) is 10.8 Å². The van der Waals surface area contributed by atoms with E-state index in [2.05, 4.69) is 18.2 Å². The molecule has 0 spiro atoms. The summed E-state index contributed by atoms with van der Waals surface area (Å²) in [7, 11) is 0. The van der Waals surface area contributed by atoms with Crippen LogP contribution in [0.5, 0.6) is 0 Å². The second kappa shape index (κ2) is 4.74. The Hall–Kier alpha value is -1.20. The van der Waals surface area contributed by atoms with Crippen LogP contribution in [0.1, 0.15) is 30.7 Å². The van der Waals surface area contributed by atoms with Crippen molar-refractivity contribution in [2.45, 2.75) is 26.3 Å². The molecule has 1 unspecified atom stereocenters. The molecule has 0 aliphatic carbocycles. The SMILES string of the molecule is C#CCC(NCC)c1ccoc1C. The highest BCUT2D eigenvalue weighted by Crippen LogP contribution is 2.20. The highest BCUT2D eigenvalue weighted by molar-refractivity contribution is 5.21. The lowest BCUT2D eigenvalue weighted by Gasteiger charge is -2.13. The second-order valence-corrected chi connectivity index (χ2v) is 2.95. The van der Waals surface area contributed by atoms with Crippen molar-refractivity contribution in [2.24, 2.45) is 0 Å². The molecule has 0 saturated heterocycles. The molecule has 1 rings (SSSR count). The van der Waals surface area contributed by atoms with Crippen molar-refractivity contribution < 1.29 is 4.42 Å². The monoisotopic (exact) mass is 177 g/mol. The van der Waals surface area contributed by atoms with E-state index in [0.29, 0.717) is 6.42 Å². The molecule has 0 amide bonds. The summed E-state index contributed by atoms with van der Waals surface area (Å²) in [4.78, 5) is 0. The average molecular weight is 177 g/mol. The molecular weight excluding hydrogens is 162 g/mol. The lowest BCUT2D eigenvalue weighted by molar-refractivity contribution is 0.507. The molecule has 70 valence electrons. The Bertz CT molecular complexity index is 295. The van der Waals surface area contributed by atoms with Crippen molar-refractivity contribution in [3.63, 3.8) is 0 Å². The lowest BCUT2D eigenvalue weighted by Crippen LogP contribution is -2.20. The number of rotatable bonds is 4. The molecule has 1 N–H and O–H groups in total. The third kappa shape index (κ3) is 2.37. The molecule has 0 aliphatic heterocycles. The maximum atomic E-state index is 5.30. The van der Waals surface area contributed by atoms with Crippen LogP contribution in [0.15, 0.2) is 16.7 Å². The Balaban J connectivity index is 2.76. The molecule has 0 saturated carbocycles. The van der Waals surface area contributed by atoms with Gasteiger partial charge in [0.1, 0.15) is 5.76 Å². The summed E-state index contributed by atoms with van der Waals surface area (Å²) in [5.74, 6) is 3.61. The van der Waals surface area contributed by atoms with Gasteiger partial charge in [-0.25, -0.2) is 0 Å². The zero-order valence-corrected chi connectivity index (χ0v) is 8.13. The standard InChI is InChI=1S/C11H15NO/c1-4-6-11(12-5-2)10-7-8-13-9(10)3/h1,7-8,11-12H,5-6H2,2-3H3. The third-order valence-electron chi connectivity index (χ3n) is 2.05. The summed E-state index contributed by atoms with van der Waals surface area (Å²) in [6.07, 6.45) is 7.70. The molecule has 0 fully saturated rings. The van der Waals surface area contributed by atoms with Crippen molar-refractivity contribution in [3.05, 3.63) is 23.7 Å². The topological polar surface area (TPSA) is 25.2 Å². The smallest absolute Gasteiger partial charge is 0.105 e.